The molecule has 4 nitrogen and oxygen atoms in total. The van der Waals surface area contributed by atoms with Gasteiger partial charge in [0.15, 0.2) is 0 Å². The number of hydrogen-bond donors (Lipinski definition) is 1. The summed E-state index contributed by atoms with van der Waals surface area (Å²) >= 11 is 11.3. The molecule has 2 aromatic rings. The van der Waals surface area contributed by atoms with Gasteiger partial charge in [0, 0.05) is 11.9 Å². The van der Waals surface area contributed by atoms with Crippen molar-refractivity contribution in [1.82, 2.24) is 9.97 Å². The van der Waals surface area contributed by atoms with E-state index in [0.29, 0.717) is 5.69 Å². The van der Waals surface area contributed by atoms with Crippen molar-refractivity contribution in [3.05, 3.63) is 52.3 Å². The van der Waals surface area contributed by atoms with E-state index in [2.05, 4.69) is 15.3 Å². The largest absolute Gasteiger partial charge is 0.322 e. The van der Waals surface area contributed by atoms with Crippen molar-refractivity contribution in [2.75, 3.05) is 5.32 Å². The number of carbonyl (C=O) groups is 1. The number of hydrogen-bond acceptors (Lipinski definition) is 3. The van der Waals surface area contributed by atoms with Crippen LogP contribution in [0.4, 0.5) is 10.1 Å². The van der Waals surface area contributed by atoms with Crippen molar-refractivity contribution in [3.63, 3.8) is 0 Å². The first-order chi connectivity index (χ1) is 8.56. The molecule has 18 heavy (non-hydrogen) atoms. The highest BCUT2D eigenvalue weighted by Gasteiger charge is 2.13. The summed E-state index contributed by atoms with van der Waals surface area (Å²) in [4.78, 5) is 19.1. The van der Waals surface area contributed by atoms with Crippen LogP contribution in [0.2, 0.25) is 10.4 Å². The molecule has 0 atom stereocenters. The molecule has 0 fully saturated rings. The Balaban J connectivity index is 2.19. The van der Waals surface area contributed by atoms with Gasteiger partial charge in [-0.25, -0.2) is 14.4 Å². The van der Waals surface area contributed by atoms with Crippen LogP contribution < -0.4 is 5.32 Å². The van der Waals surface area contributed by atoms with Gasteiger partial charge in [-0.2, -0.15) is 0 Å². The minimum atomic E-state index is -0.497. The zero-order valence-electron chi connectivity index (χ0n) is 8.82. The number of nitrogens with one attached hydrogen (secondary N) is 1. The van der Waals surface area contributed by atoms with Crippen LogP contribution in [0.1, 0.15) is 10.4 Å². The first-order valence-corrected chi connectivity index (χ1v) is 5.57. The second-order valence-electron chi connectivity index (χ2n) is 3.30. The Hall–Kier alpha value is -1.72. The fourth-order valence-corrected chi connectivity index (χ4v) is 1.62. The second kappa shape index (κ2) is 5.29. The molecule has 0 saturated carbocycles. The van der Waals surface area contributed by atoms with Crippen molar-refractivity contribution >= 4 is 34.8 Å². The Morgan fingerprint density at radius 1 is 1.22 bits per heavy atom. The van der Waals surface area contributed by atoms with E-state index in [1.807, 2.05) is 0 Å². The molecular weight excluding hydrogens is 280 g/mol. The summed E-state index contributed by atoms with van der Waals surface area (Å²) in [6.07, 6.45) is 1.22. The number of anilines is 1. The van der Waals surface area contributed by atoms with Crippen molar-refractivity contribution in [2.45, 2.75) is 0 Å². The average molecular weight is 286 g/mol. The number of rotatable bonds is 2. The summed E-state index contributed by atoms with van der Waals surface area (Å²) in [6, 6.07) is 5.32. The SMILES string of the molecule is O=C(Nc1ccc(F)cc1)c1cnc(Cl)nc1Cl. The highest BCUT2D eigenvalue weighted by molar-refractivity contribution is 6.34. The Morgan fingerprint density at radius 2 is 1.89 bits per heavy atom. The zero-order valence-corrected chi connectivity index (χ0v) is 10.3. The van der Waals surface area contributed by atoms with Gasteiger partial charge in [0.25, 0.3) is 5.91 Å². The van der Waals surface area contributed by atoms with E-state index in [9.17, 15) is 9.18 Å². The molecule has 0 spiro atoms. The molecule has 0 saturated heterocycles. The van der Waals surface area contributed by atoms with Crippen LogP contribution in [0.5, 0.6) is 0 Å². The van der Waals surface area contributed by atoms with Crippen LogP contribution >= 0.6 is 23.2 Å². The molecule has 0 aliphatic rings. The molecule has 0 bridgehead atoms. The van der Waals surface area contributed by atoms with Gasteiger partial charge >= 0.3 is 0 Å². The highest BCUT2D eigenvalue weighted by Crippen LogP contribution is 2.16. The van der Waals surface area contributed by atoms with Gasteiger partial charge in [0.05, 0.1) is 5.56 Å². The summed E-state index contributed by atoms with van der Waals surface area (Å²) < 4.78 is 12.7. The summed E-state index contributed by atoms with van der Waals surface area (Å²) in [7, 11) is 0. The molecule has 7 heteroatoms. The minimum Gasteiger partial charge on any atom is -0.322 e. The van der Waals surface area contributed by atoms with Crippen LogP contribution in [0, 0.1) is 5.82 Å². The molecule has 1 aromatic heterocycles. The van der Waals surface area contributed by atoms with Crippen LogP contribution in [-0.4, -0.2) is 15.9 Å². The van der Waals surface area contributed by atoms with E-state index in [1.165, 1.54) is 30.5 Å². The smallest absolute Gasteiger partial charge is 0.260 e. The molecule has 1 amide bonds. The lowest BCUT2D eigenvalue weighted by molar-refractivity contribution is 0.102. The number of benzene rings is 1. The lowest BCUT2D eigenvalue weighted by Gasteiger charge is -2.05. The van der Waals surface area contributed by atoms with E-state index in [1.54, 1.807) is 0 Å². The first kappa shape index (κ1) is 12.7. The maximum atomic E-state index is 12.7. The third-order valence-electron chi connectivity index (χ3n) is 2.06. The number of aromatic nitrogens is 2. The Bertz CT molecular complexity index is 589. The maximum Gasteiger partial charge on any atom is 0.260 e. The lowest BCUT2D eigenvalue weighted by Crippen LogP contribution is -2.13. The van der Waals surface area contributed by atoms with Gasteiger partial charge in [-0.3, -0.25) is 4.79 Å². The van der Waals surface area contributed by atoms with E-state index < -0.39 is 5.91 Å². The highest BCUT2D eigenvalue weighted by atomic mass is 35.5. The summed E-state index contributed by atoms with van der Waals surface area (Å²) in [6.45, 7) is 0. The zero-order chi connectivity index (χ0) is 13.1. The fourth-order valence-electron chi connectivity index (χ4n) is 1.23. The number of amides is 1. The minimum absolute atomic E-state index is 0.0432. The van der Waals surface area contributed by atoms with E-state index in [4.69, 9.17) is 23.2 Å². The summed E-state index contributed by atoms with van der Waals surface area (Å²) in [5.74, 6) is -0.885. The quantitative estimate of drug-likeness (QED) is 0.681. The molecule has 0 aliphatic carbocycles. The van der Waals surface area contributed by atoms with Crippen LogP contribution in [0.3, 0.4) is 0 Å². The number of carbonyl (C=O) groups excluding carboxylic acids is 1. The van der Waals surface area contributed by atoms with Gasteiger partial charge in [-0.1, -0.05) is 11.6 Å². The van der Waals surface area contributed by atoms with Gasteiger partial charge in [0.2, 0.25) is 5.28 Å². The lowest BCUT2D eigenvalue weighted by atomic mass is 10.2. The first-order valence-electron chi connectivity index (χ1n) is 4.81. The second-order valence-corrected chi connectivity index (χ2v) is 4.00. The fraction of sp³-hybridized carbons (Fsp3) is 0. The van der Waals surface area contributed by atoms with Crippen molar-refractivity contribution < 1.29 is 9.18 Å². The monoisotopic (exact) mass is 285 g/mol. The van der Waals surface area contributed by atoms with Crippen molar-refractivity contribution in [1.29, 1.82) is 0 Å². The Kier molecular flexibility index (Phi) is 3.74. The van der Waals surface area contributed by atoms with Crippen LogP contribution in [-0.2, 0) is 0 Å². The molecule has 92 valence electrons. The van der Waals surface area contributed by atoms with E-state index in [0.717, 1.165) is 0 Å². The molecule has 2 rings (SSSR count). The molecule has 0 unspecified atom stereocenters. The predicted octanol–water partition coefficient (Wildman–Crippen LogP) is 3.17. The molecule has 1 aromatic carbocycles. The number of nitrogens with zero attached hydrogens (tertiary/aromatic N) is 2. The summed E-state index contributed by atoms with van der Waals surface area (Å²) in [5, 5.41) is 2.44. The van der Waals surface area contributed by atoms with Crippen LogP contribution in [0.25, 0.3) is 0 Å². The molecular formula is C11H6Cl2FN3O. The average Bonchev–Trinajstić information content (AvgIpc) is 2.32. The van der Waals surface area contributed by atoms with E-state index in [-0.39, 0.29) is 21.8 Å². The number of halogens is 3. The van der Waals surface area contributed by atoms with E-state index >= 15 is 0 Å². The van der Waals surface area contributed by atoms with Gasteiger partial charge < -0.3 is 5.32 Å². The van der Waals surface area contributed by atoms with Crippen molar-refractivity contribution in [2.24, 2.45) is 0 Å². The van der Waals surface area contributed by atoms with Crippen LogP contribution in [0.15, 0.2) is 30.5 Å². The Morgan fingerprint density at radius 3 is 2.50 bits per heavy atom. The standard InChI is InChI=1S/C11H6Cl2FN3O/c12-9-8(5-15-11(13)17-9)10(18)16-7-3-1-6(14)2-4-7/h1-5H,(H,16,18). The maximum absolute atomic E-state index is 12.7. The third-order valence-corrected chi connectivity index (χ3v) is 2.53. The van der Waals surface area contributed by atoms with Crippen molar-refractivity contribution in [3.8, 4) is 0 Å². The molecule has 0 radical (unpaired) electrons. The predicted molar refractivity (Wildman–Crippen MR) is 66.4 cm³/mol. The van der Waals surface area contributed by atoms with Gasteiger partial charge in [0.1, 0.15) is 11.0 Å². The van der Waals surface area contributed by atoms with Gasteiger partial charge in [-0.05, 0) is 35.9 Å². The molecule has 1 N–H and O–H groups in total. The Labute approximate surface area is 112 Å². The summed E-state index contributed by atoms with van der Waals surface area (Å²) in [5.41, 5.74) is 0.526. The normalized spacial score (nSPS) is 10.2. The topological polar surface area (TPSA) is 54.9 Å². The van der Waals surface area contributed by atoms with Gasteiger partial charge in [-0.15, -0.1) is 0 Å². The molecule has 1 heterocycles. The molecule has 0 aliphatic heterocycles. The third kappa shape index (κ3) is 2.94.